The van der Waals surface area contributed by atoms with Crippen molar-refractivity contribution in [3.63, 3.8) is 0 Å². The van der Waals surface area contributed by atoms with Gasteiger partial charge in [-0.2, -0.15) is 0 Å². The first-order valence-electron chi connectivity index (χ1n) is 12.1. The molecule has 5 rings (SSSR count). The third-order valence-electron chi connectivity index (χ3n) is 6.99. The van der Waals surface area contributed by atoms with Crippen LogP contribution in [0, 0.1) is 12.8 Å². The molecule has 184 valence electrons. The number of hydrogen-bond donors (Lipinski definition) is 1. The van der Waals surface area contributed by atoms with E-state index in [4.69, 9.17) is 4.74 Å². The molecule has 3 heterocycles. The lowest BCUT2D eigenvalue weighted by Gasteiger charge is -2.43. The number of pyridine rings is 1. The summed E-state index contributed by atoms with van der Waals surface area (Å²) in [4.78, 5) is 41.0. The van der Waals surface area contributed by atoms with Crippen molar-refractivity contribution in [1.82, 2.24) is 14.8 Å². The molecule has 2 aliphatic rings. The molecule has 2 unspecified atom stereocenters. The second-order valence-corrected chi connectivity index (χ2v) is 9.56. The molecule has 2 atom stereocenters. The molecule has 0 radical (unpaired) electrons. The minimum Gasteiger partial charge on any atom is -0.497 e. The van der Waals surface area contributed by atoms with Crippen molar-refractivity contribution in [3.05, 3.63) is 105 Å². The van der Waals surface area contributed by atoms with Crippen molar-refractivity contribution >= 4 is 17.9 Å². The summed E-state index contributed by atoms with van der Waals surface area (Å²) in [5.41, 5.74) is 3.51. The highest BCUT2D eigenvalue weighted by Crippen LogP contribution is 2.35. The largest absolute Gasteiger partial charge is 0.497 e. The van der Waals surface area contributed by atoms with Crippen LogP contribution in [0.4, 0.5) is 0 Å². The Hall–Kier alpha value is -4.13. The van der Waals surface area contributed by atoms with Gasteiger partial charge < -0.3 is 19.5 Å². The predicted octanol–water partition coefficient (Wildman–Crippen LogP) is 3.58. The molecule has 3 aromatic rings. The van der Waals surface area contributed by atoms with Gasteiger partial charge >= 0.3 is 0 Å². The number of piperidine rings is 1. The number of nitrogens with zero attached hydrogens (tertiary/aromatic N) is 2. The number of ether oxygens (including phenoxy) is 1. The summed E-state index contributed by atoms with van der Waals surface area (Å²) in [6.07, 6.45) is 2.65. The fraction of sp³-hybridized carbons (Fsp3) is 0.276. The van der Waals surface area contributed by atoms with Crippen molar-refractivity contribution in [1.29, 1.82) is 0 Å². The molecular formula is C29H29N3O4. The molecule has 2 aliphatic heterocycles. The molecule has 7 nitrogen and oxygen atoms in total. The van der Waals surface area contributed by atoms with E-state index in [1.54, 1.807) is 37.5 Å². The van der Waals surface area contributed by atoms with Crippen LogP contribution in [0.25, 0.3) is 6.08 Å². The SMILES string of the molecule is COc1ccc(C=C(NC(=O)c2ccc(C)cc2)C(=O)N2CC3CC(C2)c2cccc(=O)n2C3)cc1. The zero-order valence-corrected chi connectivity index (χ0v) is 20.4. The fourth-order valence-electron chi connectivity index (χ4n) is 5.15. The van der Waals surface area contributed by atoms with Crippen molar-refractivity contribution in [2.75, 3.05) is 20.2 Å². The van der Waals surface area contributed by atoms with E-state index in [0.717, 1.165) is 23.2 Å². The Morgan fingerprint density at radius 3 is 2.44 bits per heavy atom. The lowest BCUT2D eigenvalue weighted by Crippen LogP contribution is -2.50. The fourth-order valence-corrected chi connectivity index (χ4v) is 5.15. The normalized spacial score (nSPS) is 18.8. The van der Waals surface area contributed by atoms with Gasteiger partial charge in [0.25, 0.3) is 17.4 Å². The Kier molecular flexibility index (Phi) is 6.46. The molecule has 36 heavy (non-hydrogen) atoms. The lowest BCUT2D eigenvalue weighted by atomic mass is 9.83. The number of amides is 2. The van der Waals surface area contributed by atoms with Gasteiger partial charge in [0.05, 0.1) is 7.11 Å². The van der Waals surface area contributed by atoms with Gasteiger partial charge in [0.1, 0.15) is 11.4 Å². The number of aryl methyl sites for hydroxylation is 1. The monoisotopic (exact) mass is 483 g/mol. The standard InChI is InChI=1S/C29H29N3O4/c1-19-6-10-22(11-7-19)28(34)30-25(15-20-8-12-24(36-2)13-9-20)29(35)31-16-21-14-23(18-31)26-4-3-5-27(33)32(26)17-21/h3-13,15,21,23H,14,16-18H2,1-2H3,(H,30,34). The Balaban J connectivity index is 1.44. The van der Waals surface area contributed by atoms with Crippen LogP contribution in [0.5, 0.6) is 5.75 Å². The molecule has 1 aromatic heterocycles. The quantitative estimate of drug-likeness (QED) is 0.563. The summed E-state index contributed by atoms with van der Waals surface area (Å²) < 4.78 is 7.08. The second-order valence-electron chi connectivity index (χ2n) is 9.56. The molecule has 7 heteroatoms. The van der Waals surface area contributed by atoms with Gasteiger partial charge in [-0.15, -0.1) is 0 Å². The number of benzene rings is 2. The molecule has 2 amide bonds. The first-order chi connectivity index (χ1) is 17.4. The van der Waals surface area contributed by atoms with Crippen LogP contribution in [0.2, 0.25) is 0 Å². The van der Waals surface area contributed by atoms with E-state index in [1.807, 2.05) is 58.9 Å². The van der Waals surface area contributed by atoms with E-state index >= 15 is 0 Å². The van der Waals surface area contributed by atoms with Gasteiger partial charge in [-0.3, -0.25) is 14.4 Å². The molecule has 1 saturated heterocycles. The first-order valence-corrected chi connectivity index (χ1v) is 12.1. The summed E-state index contributed by atoms with van der Waals surface area (Å²) in [7, 11) is 1.60. The minimum absolute atomic E-state index is 0.00688. The van der Waals surface area contributed by atoms with Crippen LogP contribution in [0.3, 0.4) is 0 Å². The number of rotatable bonds is 5. The molecule has 1 N–H and O–H groups in total. The number of likely N-dealkylation sites (tertiary alicyclic amines) is 1. The average molecular weight is 484 g/mol. The van der Waals surface area contributed by atoms with E-state index < -0.39 is 0 Å². The zero-order valence-electron chi connectivity index (χ0n) is 20.4. The maximum atomic E-state index is 13.8. The third kappa shape index (κ3) is 4.82. The van der Waals surface area contributed by atoms with E-state index in [-0.39, 0.29) is 34.9 Å². The number of fused-ring (bicyclic) bond motifs is 4. The molecule has 0 saturated carbocycles. The van der Waals surface area contributed by atoms with Gasteiger partial charge in [-0.05, 0) is 61.2 Å². The number of aromatic nitrogens is 1. The smallest absolute Gasteiger partial charge is 0.270 e. The Morgan fingerprint density at radius 2 is 1.72 bits per heavy atom. The number of methoxy groups -OCH3 is 1. The first kappa shape index (κ1) is 23.6. The molecule has 2 bridgehead atoms. The molecular weight excluding hydrogens is 454 g/mol. The van der Waals surface area contributed by atoms with Crippen LogP contribution in [-0.4, -0.2) is 41.5 Å². The molecule has 0 spiro atoms. The maximum Gasteiger partial charge on any atom is 0.270 e. The van der Waals surface area contributed by atoms with E-state index in [2.05, 4.69) is 5.32 Å². The zero-order chi connectivity index (χ0) is 25.2. The van der Waals surface area contributed by atoms with Crippen molar-refractivity contribution < 1.29 is 14.3 Å². The maximum absolute atomic E-state index is 13.8. The van der Waals surface area contributed by atoms with Gasteiger partial charge in [0.15, 0.2) is 0 Å². The summed E-state index contributed by atoms with van der Waals surface area (Å²) in [5, 5.41) is 2.87. The highest BCUT2D eigenvalue weighted by Gasteiger charge is 2.37. The van der Waals surface area contributed by atoms with Crippen LogP contribution in [0.1, 0.15) is 39.5 Å². The van der Waals surface area contributed by atoms with E-state index in [1.165, 1.54) is 0 Å². The summed E-state index contributed by atoms with van der Waals surface area (Å²) in [6.45, 7) is 3.60. The highest BCUT2D eigenvalue weighted by molar-refractivity contribution is 6.05. The molecule has 0 aliphatic carbocycles. The van der Waals surface area contributed by atoms with Crippen molar-refractivity contribution in [3.8, 4) is 5.75 Å². The van der Waals surface area contributed by atoms with Gasteiger partial charge in [-0.1, -0.05) is 35.9 Å². The van der Waals surface area contributed by atoms with Crippen molar-refractivity contribution in [2.45, 2.75) is 25.8 Å². The van der Waals surface area contributed by atoms with Crippen LogP contribution in [-0.2, 0) is 11.3 Å². The average Bonchev–Trinajstić information content (AvgIpc) is 2.89. The van der Waals surface area contributed by atoms with E-state index in [9.17, 15) is 14.4 Å². The van der Waals surface area contributed by atoms with Gasteiger partial charge in [-0.25, -0.2) is 0 Å². The van der Waals surface area contributed by atoms with Crippen LogP contribution in [0.15, 0.2) is 77.2 Å². The van der Waals surface area contributed by atoms with E-state index in [0.29, 0.717) is 30.9 Å². The predicted molar refractivity (Wildman–Crippen MR) is 138 cm³/mol. The minimum atomic E-state index is -0.336. The Bertz CT molecular complexity index is 1370. The lowest BCUT2D eigenvalue weighted by molar-refractivity contribution is -0.130. The van der Waals surface area contributed by atoms with Crippen LogP contribution < -0.4 is 15.6 Å². The number of carbonyl (C=O) groups is 2. The van der Waals surface area contributed by atoms with Crippen molar-refractivity contribution in [2.24, 2.45) is 5.92 Å². The topological polar surface area (TPSA) is 80.6 Å². The number of nitrogens with one attached hydrogen (secondary N) is 1. The van der Waals surface area contributed by atoms with Gasteiger partial charge in [0, 0.05) is 42.9 Å². The highest BCUT2D eigenvalue weighted by atomic mass is 16.5. The molecule has 2 aromatic carbocycles. The van der Waals surface area contributed by atoms with Gasteiger partial charge in [0.2, 0.25) is 0 Å². The number of carbonyl (C=O) groups excluding carboxylic acids is 2. The Labute approximate surface area is 210 Å². The summed E-state index contributed by atoms with van der Waals surface area (Å²) in [6, 6.07) is 19.9. The molecule has 1 fully saturated rings. The van der Waals surface area contributed by atoms with Crippen LogP contribution >= 0.6 is 0 Å². The second kappa shape index (κ2) is 9.85. The number of hydrogen-bond acceptors (Lipinski definition) is 4. The Morgan fingerprint density at radius 1 is 0.972 bits per heavy atom. The third-order valence-corrected chi connectivity index (χ3v) is 6.99. The summed E-state index contributed by atoms with van der Waals surface area (Å²) >= 11 is 0. The summed E-state index contributed by atoms with van der Waals surface area (Å²) in [5.74, 6) is 0.423.